The second kappa shape index (κ2) is 7.77. The van der Waals surface area contributed by atoms with E-state index in [1.165, 1.54) is 11.1 Å². The summed E-state index contributed by atoms with van der Waals surface area (Å²) < 4.78 is 14.4. The molecule has 0 aromatic heterocycles. The van der Waals surface area contributed by atoms with Crippen LogP contribution < -0.4 is 10.2 Å². The molecule has 24 heavy (non-hydrogen) atoms. The maximum Gasteiger partial charge on any atom is 0.146 e. The van der Waals surface area contributed by atoms with Gasteiger partial charge in [-0.2, -0.15) is 0 Å². The van der Waals surface area contributed by atoms with Crippen molar-refractivity contribution in [2.75, 3.05) is 18.0 Å². The van der Waals surface area contributed by atoms with E-state index in [-0.39, 0.29) is 11.9 Å². The number of aliphatic hydroxyl groups is 1. The van der Waals surface area contributed by atoms with Crippen molar-refractivity contribution in [2.45, 2.75) is 39.0 Å². The first kappa shape index (κ1) is 16.9. The lowest BCUT2D eigenvalue weighted by atomic mass is 10.1. The van der Waals surface area contributed by atoms with Crippen molar-refractivity contribution in [3.63, 3.8) is 0 Å². The molecule has 0 saturated carbocycles. The van der Waals surface area contributed by atoms with Gasteiger partial charge in [-0.1, -0.05) is 30.3 Å². The molecule has 3 rings (SSSR count). The van der Waals surface area contributed by atoms with Crippen LogP contribution in [0.5, 0.6) is 0 Å². The van der Waals surface area contributed by atoms with Gasteiger partial charge in [0.1, 0.15) is 5.82 Å². The van der Waals surface area contributed by atoms with E-state index in [2.05, 4.69) is 24.4 Å². The van der Waals surface area contributed by atoms with Crippen LogP contribution in [0.4, 0.5) is 10.1 Å². The molecule has 128 valence electrons. The zero-order chi connectivity index (χ0) is 16.9. The van der Waals surface area contributed by atoms with Crippen molar-refractivity contribution in [3.8, 4) is 0 Å². The van der Waals surface area contributed by atoms with Crippen LogP contribution in [0.2, 0.25) is 0 Å². The highest BCUT2D eigenvalue weighted by Gasteiger charge is 2.19. The third-order valence-corrected chi connectivity index (χ3v) is 4.72. The van der Waals surface area contributed by atoms with Gasteiger partial charge in [0.15, 0.2) is 0 Å². The van der Waals surface area contributed by atoms with Crippen LogP contribution in [0.25, 0.3) is 0 Å². The summed E-state index contributed by atoms with van der Waals surface area (Å²) >= 11 is 0. The number of aryl methyl sites for hydroxylation is 1. The normalized spacial score (nSPS) is 15.7. The van der Waals surface area contributed by atoms with Crippen molar-refractivity contribution in [1.29, 1.82) is 0 Å². The molecule has 1 heterocycles. The predicted molar refractivity (Wildman–Crippen MR) is 95.6 cm³/mol. The van der Waals surface area contributed by atoms with Crippen molar-refractivity contribution < 1.29 is 9.50 Å². The number of aliphatic hydroxyl groups excluding tert-OH is 1. The Hall–Kier alpha value is -1.91. The average molecular weight is 328 g/mol. The maximum absolute atomic E-state index is 14.4. The largest absolute Gasteiger partial charge is 0.393 e. The third kappa shape index (κ3) is 4.13. The van der Waals surface area contributed by atoms with Crippen molar-refractivity contribution in [3.05, 3.63) is 65.0 Å². The lowest BCUT2D eigenvalue weighted by molar-refractivity contribution is 0.145. The van der Waals surface area contributed by atoms with Crippen LogP contribution in [-0.4, -0.2) is 24.3 Å². The van der Waals surface area contributed by atoms with Crippen LogP contribution in [0.3, 0.4) is 0 Å². The van der Waals surface area contributed by atoms with Crippen LogP contribution in [-0.2, 0) is 13.1 Å². The van der Waals surface area contributed by atoms with Gasteiger partial charge in [0.2, 0.25) is 0 Å². The van der Waals surface area contributed by atoms with Gasteiger partial charge in [-0.3, -0.25) is 0 Å². The molecule has 1 aliphatic heterocycles. The SMILES string of the molecule is Cc1ccccc1CNCc1ccc(N2CCC(O)CC2)c(F)c1. The monoisotopic (exact) mass is 328 g/mol. The molecule has 0 amide bonds. The summed E-state index contributed by atoms with van der Waals surface area (Å²) in [5.74, 6) is -0.179. The number of nitrogens with one attached hydrogen (secondary N) is 1. The fourth-order valence-electron chi connectivity index (χ4n) is 3.17. The lowest BCUT2D eigenvalue weighted by Gasteiger charge is -2.31. The first-order chi connectivity index (χ1) is 11.6. The molecule has 1 fully saturated rings. The summed E-state index contributed by atoms with van der Waals surface area (Å²) in [5, 5.41) is 12.9. The number of halogens is 1. The Bertz CT molecular complexity index is 681. The molecule has 0 bridgehead atoms. The number of nitrogens with zero attached hydrogens (tertiary/aromatic N) is 1. The topological polar surface area (TPSA) is 35.5 Å². The standard InChI is InChI=1S/C20H25FN2O/c1-15-4-2-3-5-17(15)14-22-13-16-6-7-20(19(21)12-16)23-10-8-18(24)9-11-23/h2-7,12,18,22,24H,8-11,13-14H2,1H3. The number of anilines is 1. The molecule has 0 spiro atoms. The van der Waals surface area contributed by atoms with E-state index in [9.17, 15) is 9.50 Å². The number of piperidine rings is 1. The van der Waals surface area contributed by atoms with Crippen LogP contribution in [0, 0.1) is 12.7 Å². The Labute approximate surface area is 143 Å². The quantitative estimate of drug-likeness (QED) is 0.883. The first-order valence-electron chi connectivity index (χ1n) is 8.60. The molecule has 0 unspecified atom stereocenters. The van der Waals surface area contributed by atoms with E-state index in [1.807, 2.05) is 29.2 Å². The molecule has 2 N–H and O–H groups in total. The second-order valence-electron chi connectivity index (χ2n) is 6.53. The molecule has 1 aliphatic rings. The van der Waals surface area contributed by atoms with Crippen molar-refractivity contribution in [2.24, 2.45) is 0 Å². The molecule has 0 aliphatic carbocycles. The van der Waals surface area contributed by atoms with E-state index in [0.717, 1.165) is 12.1 Å². The molecular weight excluding hydrogens is 303 g/mol. The van der Waals surface area contributed by atoms with Gasteiger partial charge in [-0.25, -0.2) is 4.39 Å². The van der Waals surface area contributed by atoms with Crippen LogP contribution >= 0.6 is 0 Å². The van der Waals surface area contributed by atoms with Gasteiger partial charge in [0.25, 0.3) is 0 Å². The smallest absolute Gasteiger partial charge is 0.146 e. The molecule has 3 nitrogen and oxygen atoms in total. The average Bonchev–Trinajstić information content (AvgIpc) is 2.58. The maximum atomic E-state index is 14.4. The highest BCUT2D eigenvalue weighted by Crippen LogP contribution is 2.24. The van der Waals surface area contributed by atoms with E-state index < -0.39 is 0 Å². The summed E-state index contributed by atoms with van der Waals surface area (Å²) in [6, 6.07) is 13.7. The zero-order valence-corrected chi connectivity index (χ0v) is 14.1. The van der Waals surface area contributed by atoms with Crippen LogP contribution in [0.1, 0.15) is 29.5 Å². The minimum absolute atomic E-state index is 0.179. The van der Waals surface area contributed by atoms with Crippen molar-refractivity contribution >= 4 is 5.69 Å². The Morgan fingerprint density at radius 3 is 2.58 bits per heavy atom. The Balaban J connectivity index is 1.57. The molecule has 2 aromatic carbocycles. The zero-order valence-electron chi connectivity index (χ0n) is 14.1. The molecule has 2 aromatic rings. The molecule has 0 radical (unpaired) electrons. The van der Waals surface area contributed by atoms with Gasteiger partial charge in [0.05, 0.1) is 11.8 Å². The highest BCUT2D eigenvalue weighted by molar-refractivity contribution is 5.49. The lowest BCUT2D eigenvalue weighted by Crippen LogP contribution is -2.36. The van der Waals surface area contributed by atoms with Crippen LogP contribution in [0.15, 0.2) is 42.5 Å². The van der Waals surface area contributed by atoms with E-state index in [1.54, 1.807) is 6.07 Å². The van der Waals surface area contributed by atoms with E-state index in [4.69, 9.17) is 0 Å². The predicted octanol–water partition coefficient (Wildman–Crippen LogP) is 3.39. The summed E-state index contributed by atoms with van der Waals surface area (Å²) in [4.78, 5) is 2.02. The summed E-state index contributed by atoms with van der Waals surface area (Å²) in [6.45, 7) is 4.94. The molecule has 1 saturated heterocycles. The number of hydrogen-bond acceptors (Lipinski definition) is 3. The molecular formula is C20H25FN2O. The second-order valence-corrected chi connectivity index (χ2v) is 6.53. The first-order valence-corrected chi connectivity index (χ1v) is 8.60. The molecule has 4 heteroatoms. The van der Waals surface area contributed by atoms with E-state index in [0.29, 0.717) is 38.2 Å². The van der Waals surface area contributed by atoms with Gasteiger partial charge >= 0.3 is 0 Å². The highest BCUT2D eigenvalue weighted by atomic mass is 19.1. The minimum Gasteiger partial charge on any atom is -0.393 e. The van der Waals surface area contributed by atoms with Crippen molar-refractivity contribution in [1.82, 2.24) is 5.32 Å². The fourth-order valence-corrected chi connectivity index (χ4v) is 3.17. The number of rotatable bonds is 5. The Morgan fingerprint density at radius 1 is 1.12 bits per heavy atom. The number of benzene rings is 2. The van der Waals surface area contributed by atoms with E-state index >= 15 is 0 Å². The summed E-state index contributed by atoms with van der Waals surface area (Å²) in [6.07, 6.45) is 1.17. The molecule has 0 atom stereocenters. The van der Waals surface area contributed by atoms with Gasteiger partial charge in [0, 0.05) is 26.2 Å². The fraction of sp³-hybridized carbons (Fsp3) is 0.400. The summed E-state index contributed by atoms with van der Waals surface area (Å²) in [7, 11) is 0. The van der Waals surface area contributed by atoms with Gasteiger partial charge in [-0.05, 0) is 48.6 Å². The summed E-state index contributed by atoms with van der Waals surface area (Å²) in [5.41, 5.74) is 4.12. The Kier molecular flexibility index (Phi) is 5.48. The third-order valence-electron chi connectivity index (χ3n) is 4.72. The minimum atomic E-state index is -0.241. The van der Waals surface area contributed by atoms with Gasteiger partial charge in [-0.15, -0.1) is 0 Å². The van der Waals surface area contributed by atoms with Gasteiger partial charge < -0.3 is 15.3 Å². The Morgan fingerprint density at radius 2 is 1.88 bits per heavy atom. The number of hydrogen-bond donors (Lipinski definition) is 2.